The summed E-state index contributed by atoms with van der Waals surface area (Å²) in [4.78, 5) is 20.2. The molecule has 0 saturated heterocycles. The molecule has 0 aliphatic rings. The number of nitrogens with zero attached hydrogens (tertiary/aromatic N) is 2. The van der Waals surface area contributed by atoms with E-state index < -0.39 is 0 Å². The summed E-state index contributed by atoms with van der Waals surface area (Å²) < 4.78 is 4.91. The van der Waals surface area contributed by atoms with Crippen LogP contribution in [0.2, 0.25) is 0 Å². The van der Waals surface area contributed by atoms with Crippen molar-refractivity contribution in [1.29, 1.82) is 0 Å². The molecule has 0 bridgehead atoms. The van der Waals surface area contributed by atoms with Gasteiger partial charge in [0.1, 0.15) is 5.01 Å². The number of carbonyl (C=O) groups is 1. The molecule has 0 fully saturated rings. The summed E-state index contributed by atoms with van der Waals surface area (Å²) in [5.74, 6) is -0.235. The van der Waals surface area contributed by atoms with Gasteiger partial charge < -0.3 is 4.74 Å². The molecule has 0 N–H and O–H groups in total. The van der Waals surface area contributed by atoms with Gasteiger partial charge in [-0.15, -0.1) is 11.3 Å². The fourth-order valence-corrected chi connectivity index (χ4v) is 2.65. The zero-order valence-corrected chi connectivity index (χ0v) is 12.1. The van der Waals surface area contributed by atoms with Crippen molar-refractivity contribution in [1.82, 2.24) is 9.97 Å². The molecule has 0 amide bonds. The van der Waals surface area contributed by atoms with Gasteiger partial charge in [-0.3, -0.25) is 9.78 Å². The van der Waals surface area contributed by atoms with Crippen LogP contribution < -0.4 is 0 Å². The van der Waals surface area contributed by atoms with Crippen molar-refractivity contribution in [2.24, 2.45) is 0 Å². The molecule has 0 saturated carbocycles. The molecule has 0 aromatic carbocycles. The van der Waals surface area contributed by atoms with Crippen molar-refractivity contribution in [2.75, 3.05) is 6.61 Å². The Labute approximate surface area is 116 Å². The lowest BCUT2D eigenvalue weighted by Gasteiger charge is -2.01. The summed E-state index contributed by atoms with van der Waals surface area (Å²) in [5.41, 5.74) is 3.74. The first-order chi connectivity index (χ1) is 9.08. The van der Waals surface area contributed by atoms with E-state index in [1.807, 2.05) is 31.4 Å². The first-order valence-electron chi connectivity index (χ1n) is 6.14. The molecule has 0 spiro atoms. The van der Waals surface area contributed by atoms with E-state index in [2.05, 4.69) is 9.97 Å². The topological polar surface area (TPSA) is 52.1 Å². The third-order valence-electron chi connectivity index (χ3n) is 2.51. The Hall–Kier alpha value is -1.75. The van der Waals surface area contributed by atoms with E-state index in [1.54, 1.807) is 6.92 Å². The van der Waals surface area contributed by atoms with Crippen LogP contribution in [-0.4, -0.2) is 22.5 Å². The molecular weight excluding hydrogens is 260 g/mol. The zero-order valence-electron chi connectivity index (χ0n) is 11.3. The molecule has 2 aromatic heterocycles. The van der Waals surface area contributed by atoms with Crippen molar-refractivity contribution in [3.05, 3.63) is 34.6 Å². The van der Waals surface area contributed by atoms with E-state index >= 15 is 0 Å². The second-order valence-electron chi connectivity index (χ2n) is 4.26. The first-order valence-corrected chi connectivity index (χ1v) is 7.02. The summed E-state index contributed by atoms with van der Waals surface area (Å²) >= 11 is 1.53. The molecule has 2 rings (SSSR count). The maximum absolute atomic E-state index is 11.4. The maximum atomic E-state index is 11.4. The Morgan fingerprint density at radius 2 is 1.95 bits per heavy atom. The van der Waals surface area contributed by atoms with Crippen molar-refractivity contribution in [3.63, 3.8) is 0 Å². The fourth-order valence-electron chi connectivity index (χ4n) is 1.84. The number of ether oxygens (including phenoxy) is 1. The van der Waals surface area contributed by atoms with Crippen LogP contribution in [0.4, 0.5) is 0 Å². The predicted molar refractivity (Wildman–Crippen MR) is 75.2 cm³/mol. The van der Waals surface area contributed by atoms with Crippen molar-refractivity contribution in [3.8, 4) is 10.6 Å². The normalized spacial score (nSPS) is 10.5. The van der Waals surface area contributed by atoms with Crippen LogP contribution in [0.15, 0.2) is 17.5 Å². The van der Waals surface area contributed by atoms with Gasteiger partial charge in [0.05, 0.1) is 18.7 Å². The third-order valence-corrected chi connectivity index (χ3v) is 3.45. The summed E-state index contributed by atoms with van der Waals surface area (Å²) in [5, 5.41) is 2.81. The SMILES string of the molecule is CCOC(=O)Cc1csc(-c2cc(C)nc(C)c2)n1. The quantitative estimate of drug-likeness (QED) is 0.806. The number of thiazole rings is 1. The number of esters is 1. The molecule has 2 aromatic rings. The summed E-state index contributed by atoms with van der Waals surface area (Å²) in [6.45, 7) is 6.12. The van der Waals surface area contributed by atoms with Gasteiger partial charge in [-0.1, -0.05) is 0 Å². The number of pyridine rings is 1. The largest absolute Gasteiger partial charge is 0.466 e. The van der Waals surface area contributed by atoms with Crippen LogP contribution in [0.1, 0.15) is 24.0 Å². The Morgan fingerprint density at radius 1 is 1.26 bits per heavy atom. The highest BCUT2D eigenvalue weighted by molar-refractivity contribution is 7.13. The number of rotatable bonds is 4. The van der Waals surface area contributed by atoms with E-state index in [0.29, 0.717) is 6.61 Å². The summed E-state index contributed by atoms with van der Waals surface area (Å²) in [7, 11) is 0. The Morgan fingerprint density at radius 3 is 2.58 bits per heavy atom. The first kappa shape index (κ1) is 13.7. The van der Waals surface area contributed by atoms with Gasteiger partial charge in [0.15, 0.2) is 0 Å². The zero-order chi connectivity index (χ0) is 13.8. The van der Waals surface area contributed by atoms with Gasteiger partial charge in [0.25, 0.3) is 0 Å². The molecule has 100 valence electrons. The van der Waals surface area contributed by atoms with E-state index in [-0.39, 0.29) is 12.4 Å². The van der Waals surface area contributed by atoms with E-state index in [1.165, 1.54) is 11.3 Å². The molecule has 5 heteroatoms. The monoisotopic (exact) mass is 276 g/mol. The highest BCUT2D eigenvalue weighted by Crippen LogP contribution is 2.25. The van der Waals surface area contributed by atoms with Crippen LogP contribution in [0.25, 0.3) is 10.6 Å². The lowest BCUT2D eigenvalue weighted by atomic mass is 10.2. The highest BCUT2D eigenvalue weighted by atomic mass is 32.1. The molecule has 2 heterocycles. The number of aromatic nitrogens is 2. The summed E-state index contributed by atoms with van der Waals surface area (Å²) in [6, 6.07) is 4.00. The number of carbonyl (C=O) groups excluding carboxylic acids is 1. The van der Waals surface area contributed by atoms with Gasteiger partial charge in [-0.25, -0.2) is 4.98 Å². The maximum Gasteiger partial charge on any atom is 0.311 e. The molecule has 0 aliphatic carbocycles. The minimum Gasteiger partial charge on any atom is -0.466 e. The van der Waals surface area contributed by atoms with E-state index in [9.17, 15) is 4.79 Å². The smallest absolute Gasteiger partial charge is 0.311 e. The number of hydrogen-bond acceptors (Lipinski definition) is 5. The van der Waals surface area contributed by atoms with Crippen LogP contribution in [0.3, 0.4) is 0 Å². The molecular formula is C14H16N2O2S. The van der Waals surface area contributed by atoms with E-state index in [0.717, 1.165) is 27.7 Å². The average molecular weight is 276 g/mol. The van der Waals surface area contributed by atoms with Gasteiger partial charge in [-0.05, 0) is 32.9 Å². The fraction of sp³-hybridized carbons (Fsp3) is 0.357. The lowest BCUT2D eigenvalue weighted by Crippen LogP contribution is -2.07. The molecule has 0 unspecified atom stereocenters. The van der Waals surface area contributed by atoms with Crippen LogP contribution >= 0.6 is 11.3 Å². The van der Waals surface area contributed by atoms with E-state index in [4.69, 9.17) is 4.74 Å². The number of aryl methyl sites for hydroxylation is 2. The Bertz CT molecular complexity index is 573. The number of hydrogen-bond donors (Lipinski definition) is 0. The van der Waals surface area contributed by atoms with Crippen molar-refractivity contribution in [2.45, 2.75) is 27.2 Å². The van der Waals surface area contributed by atoms with Gasteiger partial charge in [-0.2, -0.15) is 0 Å². The molecule has 0 aliphatic heterocycles. The minimum absolute atomic E-state index is 0.230. The molecule has 4 nitrogen and oxygen atoms in total. The van der Waals surface area contributed by atoms with Crippen molar-refractivity contribution < 1.29 is 9.53 Å². The molecule has 0 atom stereocenters. The summed E-state index contributed by atoms with van der Waals surface area (Å²) in [6.07, 6.45) is 0.230. The van der Waals surface area contributed by atoms with Crippen LogP contribution in [0.5, 0.6) is 0 Å². The van der Waals surface area contributed by atoms with Gasteiger partial charge >= 0.3 is 5.97 Å². The average Bonchev–Trinajstić information content (AvgIpc) is 2.76. The Kier molecular flexibility index (Phi) is 4.27. The van der Waals surface area contributed by atoms with Crippen molar-refractivity contribution >= 4 is 17.3 Å². The van der Waals surface area contributed by atoms with Gasteiger partial charge in [0.2, 0.25) is 0 Å². The highest BCUT2D eigenvalue weighted by Gasteiger charge is 2.10. The predicted octanol–water partition coefficient (Wildman–Crippen LogP) is 2.93. The molecule has 0 radical (unpaired) electrons. The third kappa shape index (κ3) is 3.61. The standard InChI is InChI=1S/C14H16N2O2S/c1-4-18-13(17)7-12-8-19-14(16-12)11-5-9(2)15-10(3)6-11/h5-6,8H,4,7H2,1-3H3. The van der Waals surface area contributed by atoms with Crippen LogP contribution in [-0.2, 0) is 16.0 Å². The molecule has 19 heavy (non-hydrogen) atoms. The van der Waals surface area contributed by atoms with Gasteiger partial charge in [0, 0.05) is 22.3 Å². The van der Waals surface area contributed by atoms with Crippen LogP contribution in [0, 0.1) is 13.8 Å². The lowest BCUT2D eigenvalue weighted by molar-refractivity contribution is -0.142. The minimum atomic E-state index is -0.235. The second kappa shape index (κ2) is 5.93. The second-order valence-corrected chi connectivity index (χ2v) is 5.12. The Balaban J connectivity index is 2.18.